The lowest BCUT2D eigenvalue weighted by Gasteiger charge is -2.10. The van der Waals surface area contributed by atoms with E-state index < -0.39 is 0 Å². The van der Waals surface area contributed by atoms with Crippen molar-refractivity contribution in [2.24, 2.45) is 5.10 Å². The van der Waals surface area contributed by atoms with E-state index in [-0.39, 0.29) is 0 Å². The Morgan fingerprint density at radius 2 is 1.86 bits per heavy atom. The van der Waals surface area contributed by atoms with Crippen LogP contribution in [-0.4, -0.2) is 18.3 Å². The summed E-state index contributed by atoms with van der Waals surface area (Å²) in [5.74, 6) is 0. The van der Waals surface area contributed by atoms with Crippen molar-refractivity contribution >= 4 is 6.21 Å². The van der Waals surface area contributed by atoms with Crippen LogP contribution in [0.2, 0.25) is 0 Å². The van der Waals surface area contributed by atoms with Gasteiger partial charge in [-0.05, 0) is 44.4 Å². The third-order valence-electron chi connectivity index (χ3n) is 2.17. The van der Waals surface area contributed by atoms with E-state index >= 15 is 0 Å². The highest BCUT2D eigenvalue weighted by atomic mass is 15.4. The maximum Gasteiger partial charge on any atom is 0.0296 e. The average Bonchev–Trinajstić information content (AvgIpc) is 2.15. The molecule has 78 valence electrons. The summed E-state index contributed by atoms with van der Waals surface area (Å²) in [4.78, 5) is 0. The lowest BCUT2D eigenvalue weighted by Crippen LogP contribution is -2.02. The van der Waals surface area contributed by atoms with Crippen LogP contribution in [-0.2, 0) is 0 Å². The highest BCUT2D eigenvalue weighted by molar-refractivity contribution is 5.52. The van der Waals surface area contributed by atoms with Crippen molar-refractivity contribution in [3.63, 3.8) is 0 Å². The molecule has 0 saturated heterocycles. The summed E-state index contributed by atoms with van der Waals surface area (Å²) in [6.07, 6.45) is 5.64. The Bertz CT molecular complexity index is 283. The molecule has 0 bridgehead atoms. The molecule has 0 saturated carbocycles. The van der Waals surface area contributed by atoms with Gasteiger partial charge in [-0.3, -0.25) is 5.01 Å². The number of hydrogen-bond donors (Lipinski definition) is 0. The number of allylic oxidation sites excluding steroid dienone is 4. The maximum atomic E-state index is 4.12. The van der Waals surface area contributed by atoms with Gasteiger partial charge in [-0.1, -0.05) is 12.7 Å². The SMILES string of the molecule is C=C/C(C)=C(C)/C(C)=C/N(C)/N=C\C. The summed E-state index contributed by atoms with van der Waals surface area (Å²) in [6.45, 7) is 11.9. The molecule has 0 fully saturated rings. The second kappa shape index (κ2) is 6.19. The standard InChI is InChI=1S/C12H20N2/c1-7-10(3)12(5)11(4)9-14(6)13-8-2/h7-9H,1H2,2-6H3/b11-9+,12-10+,13-8-. The van der Waals surface area contributed by atoms with Gasteiger partial charge in [-0.15, -0.1) is 0 Å². The zero-order chi connectivity index (χ0) is 11.1. The zero-order valence-corrected chi connectivity index (χ0v) is 9.83. The van der Waals surface area contributed by atoms with Crippen LogP contribution in [0.4, 0.5) is 0 Å². The Balaban J connectivity index is 4.77. The van der Waals surface area contributed by atoms with Gasteiger partial charge in [-0.25, -0.2) is 0 Å². The van der Waals surface area contributed by atoms with Crippen molar-refractivity contribution < 1.29 is 0 Å². The third-order valence-corrected chi connectivity index (χ3v) is 2.17. The van der Waals surface area contributed by atoms with E-state index in [4.69, 9.17) is 0 Å². The number of hydrogen-bond acceptors (Lipinski definition) is 2. The fourth-order valence-corrected chi connectivity index (χ4v) is 1.06. The summed E-state index contributed by atoms with van der Waals surface area (Å²) in [5.41, 5.74) is 3.65. The van der Waals surface area contributed by atoms with Gasteiger partial charge in [0.05, 0.1) is 0 Å². The first-order valence-corrected chi connectivity index (χ1v) is 4.73. The molecule has 0 unspecified atom stereocenters. The molecule has 0 atom stereocenters. The van der Waals surface area contributed by atoms with E-state index in [1.54, 1.807) is 11.2 Å². The van der Waals surface area contributed by atoms with Gasteiger partial charge < -0.3 is 0 Å². The normalized spacial score (nSPS) is 14.2. The predicted octanol–water partition coefficient (Wildman–Crippen LogP) is 3.35. The van der Waals surface area contributed by atoms with E-state index in [1.807, 2.05) is 26.2 Å². The first-order valence-electron chi connectivity index (χ1n) is 4.73. The highest BCUT2D eigenvalue weighted by Crippen LogP contribution is 2.14. The van der Waals surface area contributed by atoms with Gasteiger partial charge in [0.25, 0.3) is 0 Å². The van der Waals surface area contributed by atoms with Crippen LogP contribution in [0.5, 0.6) is 0 Å². The van der Waals surface area contributed by atoms with Gasteiger partial charge in [0.1, 0.15) is 0 Å². The van der Waals surface area contributed by atoms with Crippen LogP contribution in [0.3, 0.4) is 0 Å². The second-order valence-corrected chi connectivity index (χ2v) is 3.27. The Hall–Kier alpha value is -1.31. The number of hydrazone groups is 1. The average molecular weight is 192 g/mol. The van der Waals surface area contributed by atoms with Crippen LogP contribution in [0.25, 0.3) is 0 Å². The van der Waals surface area contributed by atoms with Crippen molar-refractivity contribution in [1.29, 1.82) is 0 Å². The molecule has 14 heavy (non-hydrogen) atoms. The molecule has 2 nitrogen and oxygen atoms in total. The van der Waals surface area contributed by atoms with Gasteiger partial charge >= 0.3 is 0 Å². The topological polar surface area (TPSA) is 15.6 Å². The summed E-state index contributed by atoms with van der Waals surface area (Å²) < 4.78 is 0. The van der Waals surface area contributed by atoms with E-state index in [9.17, 15) is 0 Å². The van der Waals surface area contributed by atoms with Crippen molar-refractivity contribution in [3.05, 3.63) is 35.6 Å². The monoisotopic (exact) mass is 192 g/mol. The summed E-state index contributed by atoms with van der Waals surface area (Å²) >= 11 is 0. The van der Waals surface area contributed by atoms with Crippen molar-refractivity contribution in [1.82, 2.24) is 5.01 Å². The molecule has 0 aromatic rings. The zero-order valence-electron chi connectivity index (χ0n) is 9.83. The first-order chi connectivity index (χ1) is 6.52. The van der Waals surface area contributed by atoms with Crippen LogP contribution in [0.15, 0.2) is 40.7 Å². The molecule has 0 rings (SSSR count). The van der Waals surface area contributed by atoms with E-state index in [0.29, 0.717) is 0 Å². The molecule has 0 aliphatic rings. The van der Waals surface area contributed by atoms with Gasteiger partial charge in [0, 0.05) is 19.5 Å². The quantitative estimate of drug-likeness (QED) is 0.379. The summed E-state index contributed by atoms with van der Waals surface area (Å²) in [5, 5.41) is 5.92. The molecule has 0 amide bonds. The molecule has 0 aromatic heterocycles. The summed E-state index contributed by atoms with van der Waals surface area (Å²) in [6, 6.07) is 0. The molecule has 0 radical (unpaired) electrons. The molecule has 0 heterocycles. The molecule has 0 aliphatic heterocycles. The van der Waals surface area contributed by atoms with Crippen LogP contribution >= 0.6 is 0 Å². The van der Waals surface area contributed by atoms with Gasteiger partial charge in [0.15, 0.2) is 0 Å². The second-order valence-electron chi connectivity index (χ2n) is 3.27. The van der Waals surface area contributed by atoms with Crippen LogP contribution < -0.4 is 0 Å². The largest absolute Gasteiger partial charge is 0.276 e. The lowest BCUT2D eigenvalue weighted by molar-refractivity contribution is 0.489. The van der Waals surface area contributed by atoms with Crippen molar-refractivity contribution in [2.45, 2.75) is 27.7 Å². The minimum atomic E-state index is 1.20. The fraction of sp³-hybridized carbons (Fsp3) is 0.417. The molecule has 0 N–H and O–H groups in total. The molecular formula is C12H20N2. The lowest BCUT2D eigenvalue weighted by atomic mass is 10.1. The van der Waals surface area contributed by atoms with Crippen LogP contribution in [0, 0.1) is 0 Å². The third kappa shape index (κ3) is 4.08. The van der Waals surface area contributed by atoms with Crippen LogP contribution in [0.1, 0.15) is 27.7 Å². The van der Waals surface area contributed by atoms with E-state index in [1.165, 1.54) is 16.7 Å². The minimum Gasteiger partial charge on any atom is -0.276 e. The minimum absolute atomic E-state index is 1.20. The van der Waals surface area contributed by atoms with Gasteiger partial charge in [-0.2, -0.15) is 5.10 Å². The van der Waals surface area contributed by atoms with Crippen molar-refractivity contribution in [3.8, 4) is 0 Å². The fourth-order valence-electron chi connectivity index (χ4n) is 1.06. The number of nitrogens with zero attached hydrogens (tertiary/aromatic N) is 2. The maximum absolute atomic E-state index is 4.12. The molecule has 2 heteroatoms. The smallest absolute Gasteiger partial charge is 0.0296 e. The summed E-state index contributed by atoms with van der Waals surface area (Å²) in [7, 11) is 1.92. The van der Waals surface area contributed by atoms with Gasteiger partial charge in [0.2, 0.25) is 0 Å². The molecule has 0 aromatic carbocycles. The van der Waals surface area contributed by atoms with E-state index in [2.05, 4.69) is 32.5 Å². The molecule has 0 spiro atoms. The molecule has 0 aliphatic carbocycles. The Morgan fingerprint density at radius 3 is 2.29 bits per heavy atom. The first kappa shape index (κ1) is 12.7. The molecular weight excluding hydrogens is 172 g/mol. The Kier molecular flexibility index (Phi) is 5.61. The number of rotatable bonds is 4. The van der Waals surface area contributed by atoms with Crippen molar-refractivity contribution in [2.75, 3.05) is 7.05 Å². The Labute approximate surface area is 87.3 Å². The Morgan fingerprint density at radius 1 is 1.29 bits per heavy atom. The predicted molar refractivity (Wildman–Crippen MR) is 64.3 cm³/mol. The highest BCUT2D eigenvalue weighted by Gasteiger charge is 1.97. The van der Waals surface area contributed by atoms with E-state index in [0.717, 1.165) is 0 Å².